The minimum Gasteiger partial charge on any atom is -0.379 e. The van der Waals surface area contributed by atoms with Crippen molar-refractivity contribution >= 4 is 17.3 Å². The van der Waals surface area contributed by atoms with Gasteiger partial charge in [-0.1, -0.05) is 23.7 Å². The zero-order chi connectivity index (χ0) is 11.4. The lowest BCUT2D eigenvalue weighted by atomic mass is 10.2. The summed E-state index contributed by atoms with van der Waals surface area (Å²) in [7, 11) is 0. The zero-order valence-corrected chi connectivity index (χ0v) is 9.99. The lowest BCUT2D eigenvalue weighted by Gasteiger charge is -2.30. The predicted molar refractivity (Wildman–Crippen MR) is 67.1 cm³/mol. The number of para-hydroxylation sites is 1. The number of hydrogen-bond donors (Lipinski definition) is 1. The number of hydrogen-bond acceptors (Lipinski definition) is 3. The molecule has 1 fully saturated rings. The van der Waals surface area contributed by atoms with E-state index in [0.29, 0.717) is 12.6 Å². The molecule has 0 spiro atoms. The molecule has 0 aromatic heterocycles. The second-order valence-corrected chi connectivity index (χ2v) is 4.36. The van der Waals surface area contributed by atoms with E-state index in [4.69, 9.17) is 22.1 Å². The first-order valence-corrected chi connectivity index (χ1v) is 5.99. The van der Waals surface area contributed by atoms with Gasteiger partial charge in [0.15, 0.2) is 0 Å². The highest BCUT2D eigenvalue weighted by atomic mass is 35.5. The van der Waals surface area contributed by atoms with Crippen LogP contribution in [-0.4, -0.2) is 32.3 Å². The van der Waals surface area contributed by atoms with Crippen molar-refractivity contribution in [3.63, 3.8) is 0 Å². The van der Waals surface area contributed by atoms with E-state index in [9.17, 15) is 0 Å². The van der Waals surface area contributed by atoms with Crippen LogP contribution in [0.3, 0.4) is 0 Å². The molecule has 2 N–H and O–H groups in total. The van der Waals surface area contributed by atoms with Crippen LogP contribution in [0.15, 0.2) is 24.3 Å². The summed E-state index contributed by atoms with van der Waals surface area (Å²) < 4.78 is 5.42. The number of benzene rings is 1. The summed E-state index contributed by atoms with van der Waals surface area (Å²) in [5, 5.41) is 0.780. The van der Waals surface area contributed by atoms with Gasteiger partial charge in [-0.2, -0.15) is 0 Å². The van der Waals surface area contributed by atoms with Crippen molar-refractivity contribution in [2.24, 2.45) is 5.73 Å². The van der Waals surface area contributed by atoms with Crippen molar-refractivity contribution in [1.29, 1.82) is 0 Å². The molecule has 88 valence electrons. The molecule has 1 unspecified atom stereocenters. The molecule has 0 amide bonds. The van der Waals surface area contributed by atoms with Crippen LogP contribution in [0.25, 0.3) is 0 Å². The van der Waals surface area contributed by atoms with Crippen LogP contribution in [-0.2, 0) is 4.74 Å². The van der Waals surface area contributed by atoms with Gasteiger partial charge in [0.05, 0.1) is 23.4 Å². The maximum absolute atomic E-state index is 6.21. The SMILES string of the molecule is NCCN(c1ccccc1Cl)C1CCOC1. The fourth-order valence-corrected chi connectivity index (χ4v) is 2.34. The topological polar surface area (TPSA) is 38.5 Å². The van der Waals surface area contributed by atoms with Crippen LogP contribution in [0.5, 0.6) is 0 Å². The summed E-state index contributed by atoms with van der Waals surface area (Å²) in [6, 6.07) is 8.30. The van der Waals surface area contributed by atoms with Crippen molar-refractivity contribution in [2.45, 2.75) is 12.5 Å². The van der Waals surface area contributed by atoms with Crippen molar-refractivity contribution in [3.05, 3.63) is 29.3 Å². The van der Waals surface area contributed by atoms with Crippen molar-refractivity contribution in [1.82, 2.24) is 0 Å². The molecule has 1 aliphatic rings. The summed E-state index contributed by atoms with van der Waals surface area (Å²) in [6.07, 6.45) is 1.05. The summed E-state index contributed by atoms with van der Waals surface area (Å²) in [6.45, 7) is 3.04. The van der Waals surface area contributed by atoms with Gasteiger partial charge in [0.1, 0.15) is 0 Å². The van der Waals surface area contributed by atoms with E-state index in [-0.39, 0.29) is 0 Å². The molecule has 1 saturated heterocycles. The maximum atomic E-state index is 6.21. The van der Waals surface area contributed by atoms with E-state index in [1.165, 1.54) is 0 Å². The van der Waals surface area contributed by atoms with Crippen molar-refractivity contribution in [2.75, 3.05) is 31.2 Å². The van der Waals surface area contributed by atoms with Gasteiger partial charge in [-0.05, 0) is 18.6 Å². The molecule has 1 atom stereocenters. The Bertz CT molecular complexity index is 340. The van der Waals surface area contributed by atoms with Gasteiger partial charge in [0.2, 0.25) is 0 Å². The van der Waals surface area contributed by atoms with Gasteiger partial charge in [0, 0.05) is 19.7 Å². The summed E-state index contributed by atoms with van der Waals surface area (Å²) in [5.74, 6) is 0. The monoisotopic (exact) mass is 240 g/mol. The molecule has 16 heavy (non-hydrogen) atoms. The largest absolute Gasteiger partial charge is 0.379 e. The van der Waals surface area contributed by atoms with Crippen molar-refractivity contribution < 1.29 is 4.74 Å². The fraction of sp³-hybridized carbons (Fsp3) is 0.500. The van der Waals surface area contributed by atoms with Gasteiger partial charge in [-0.25, -0.2) is 0 Å². The van der Waals surface area contributed by atoms with Crippen molar-refractivity contribution in [3.8, 4) is 0 Å². The van der Waals surface area contributed by atoms with E-state index < -0.39 is 0 Å². The lowest BCUT2D eigenvalue weighted by molar-refractivity contribution is 0.193. The molecule has 1 aliphatic heterocycles. The molecule has 2 rings (SSSR count). The van der Waals surface area contributed by atoms with Crippen LogP contribution in [0.1, 0.15) is 6.42 Å². The second kappa shape index (κ2) is 5.53. The molecule has 0 aliphatic carbocycles. The molecule has 0 radical (unpaired) electrons. The summed E-state index contributed by atoms with van der Waals surface area (Å²) in [5.41, 5.74) is 6.72. The first kappa shape index (κ1) is 11.7. The minimum atomic E-state index is 0.406. The third-order valence-corrected chi connectivity index (χ3v) is 3.20. The Morgan fingerprint density at radius 1 is 1.44 bits per heavy atom. The van der Waals surface area contributed by atoms with Crippen LogP contribution in [0.4, 0.5) is 5.69 Å². The Balaban J connectivity index is 2.21. The third kappa shape index (κ3) is 2.48. The molecule has 1 aromatic carbocycles. The first-order valence-electron chi connectivity index (χ1n) is 5.62. The molecule has 1 heterocycles. The van der Waals surface area contributed by atoms with E-state index in [1.807, 2.05) is 24.3 Å². The number of ether oxygens (including phenoxy) is 1. The molecule has 1 aromatic rings. The lowest BCUT2D eigenvalue weighted by Crippen LogP contribution is -2.39. The van der Waals surface area contributed by atoms with E-state index >= 15 is 0 Å². The normalized spacial score (nSPS) is 20.0. The average Bonchev–Trinajstić information content (AvgIpc) is 2.80. The van der Waals surface area contributed by atoms with Crippen LogP contribution >= 0.6 is 11.6 Å². The Hall–Kier alpha value is -0.770. The van der Waals surface area contributed by atoms with E-state index in [2.05, 4.69) is 4.90 Å². The van der Waals surface area contributed by atoms with Gasteiger partial charge in [0.25, 0.3) is 0 Å². The molecule has 4 heteroatoms. The summed E-state index contributed by atoms with van der Waals surface area (Å²) in [4.78, 5) is 2.26. The van der Waals surface area contributed by atoms with Gasteiger partial charge in [-0.15, -0.1) is 0 Å². The Kier molecular flexibility index (Phi) is 4.04. The van der Waals surface area contributed by atoms with Crippen LogP contribution < -0.4 is 10.6 Å². The Morgan fingerprint density at radius 3 is 2.88 bits per heavy atom. The number of halogens is 1. The number of nitrogens with zero attached hydrogens (tertiary/aromatic N) is 1. The Morgan fingerprint density at radius 2 is 2.25 bits per heavy atom. The second-order valence-electron chi connectivity index (χ2n) is 3.95. The maximum Gasteiger partial charge on any atom is 0.0670 e. The zero-order valence-electron chi connectivity index (χ0n) is 9.23. The van der Waals surface area contributed by atoms with E-state index in [1.54, 1.807) is 0 Å². The highest BCUT2D eigenvalue weighted by Crippen LogP contribution is 2.28. The molecular weight excluding hydrogens is 224 g/mol. The highest BCUT2D eigenvalue weighted by Gasteiger charge is 2.24. The molecule has 0 saturated carbocycles. The minimum absolute atomic E-state index is 0.406. The smallest absolute Gasteiger partial charge is 0.0670 e. The molecular formula is C12H17ClN2O. The fourth-order valence-electron chi connectivity index (χ4n) is 2.09. The number of rotatable bonds is 4. The Labute approximate surface area is 101 Å². The number of anilines is 1. The molecule has 3 nitrogen and oxygen atoms in total. The summed E-state index contributed by atoms with van der Waals surface area (Å²) >= 11 is 6.21. The average molecular weight is 241 g/mol. The highest BCUT2D eigenvalue weighted by molar-refractivity contribution is 6.33. The van der Waals surface area contributed by atoms with Gasteiger partial charge in [-0.3, -0.25) is 0 Å². The standard InChI is InChI=1S/C12H17ClN2O/c13-11-3-1-2-4-12(11)15(7-6-14)10-5-8-16-9-10/h1-4,10H,5-9,14H2. The first-order chi connectivity index (χ1) is 7.83. The third-order valence-electron chi connectivity index (χ3n) is 2.88. The quantitative estimate of drug-likeness (QED) is 0.874. The van der Waals surface area contributed by atoms with Crippen LogP contribution in [0.2, 0.25) is 5.02 Å². The van der Waals surface area contributed by atoms with Gasteiger partial charge < -0.3 is 15.4 Å². The molecule has 0 bridgehead atoms. The van der Waals surface area contributed by atoms with E-state index in [0.717, 1.165) is 36.9 Å². The predicted octanol–water partition coefficient (Wildman–Crippen LogP) is 1.89. The van der Waals surface area contributed by atoms with Crippen LogP contribution in [0, 0.1) is 0 Å². The number of nitrogens with two attached hydrogens (primary N) is 1. The van der Waals surface area contributed by atoms with Gasteiger partial charge >= 0.3 is 0 Å².